The number of nitrogens with zero attached hydrogens (tertiary/aromatic N) is 1. The van der Waals surface area contributed by atoms with Crippen molar-refractivity contribution in [3.05, 3.63) is 24.3 Å². The van der Waals surface area contributed by atoms with Crippen LogP contribution < -0.4 is 14.8 Å². The summed E-state index contributed by atoms with van der Waals surface area (Å²) in [4.78, 5) is 14.0. The molecule has 0 aromatic heterocycles. The molecule has 2 rings (SSSR count). The first kappa shape index (κ1) is 16.5. The van der Waals surface area contributed by atoms with Crippen molar-refractivity contribution in [2.75, 3.05) is 33.4 Å². The van der Waals surface area contributed by atoms with Crippen molar-refractivity contribution in [1.29, 1.82) is 0 Å². The molecule has 1 heterocycles. The summed E-state index contributed by atoms with van der Waals surface area (Å²) in [6, 6.07) is 7.43. The molecule has 2 atom stereocenters. The van der Waals surface area contributed by atoms with Crippen LogP contribution in [0.15, 0.2) is 24.3 Å². The third-order valence-electron chi connectivity index (χ3n) is 3.86. The zero-order valence-electron chi connectivity index (χ0n) is 13.7. The Morgan fingerprint density at radius 1 is 1.18 bits per heavy atom. The van der Waals surface area contributed by atoms with E-state index < -0.39 is 0 Å². The Balaban J connectivity index is 1.68. The lowest BCUT2D eigenvalue weighted by molar-refractivity contribution is 0.145. The second-order valence-corrected chi connectivity index (χ2v) is 6.11. The first-order valence-corrected chi connectivity index (χ1v) is 7.88. The number of methoxy groups -OCH3 is 1. The van der Waals surface area contributed by atoms with Crippen LogP contribution in [0.5, 0.6) is 11.5 Å². The lowest BCUT2D eigenvalue weighted by Gasteiger charge is -2.34. The van der Waals surface area contributed by atoms with Crippen LogP contribution in [-0.2, 0) is 0 Å². The van der Waals surface area contributed by atoms with Crippen LogP contribution in [0.1, 0.15) is 20.3 Å². The zero-order valence-corrected chi connectivity index (χ0v) is 13.7. The van der Waals surface area contributed by atoms with E-state index in [0.717, 1.165) is 24.6 Å². The first-order chi connectivity index (χ1) is 10.6. The highest BCUT2D eigenvalue weighted by molar-refractivity contribution is 5.74. The molecule has 0 radical (unpaired) electrons. The van der Waals surface area contributed by atoms with Gasteiger partial charge in [-0.2, -0.15) is 0 Å². The minimum Gasteiger partial charge on any atom is -0.497 e. The van der Waals surface area contributed by atoms with Gasteiger partial charge in [0.2, 0.25) is 0 Å². The van der Waals surface area contributed by atoms with Crippen LogP contribution in [0, 0.1) is 11.8 Å². The summed E-state index contributed by atoms with van der Waals surface area (Å²) in [7, 11) is 1.63. The molecular weight excluding hydrogens is 280 g/mol. The number of amides is 2. The molecule has 0 spiro atoms. The van der Waals surface area contributed by atoms with E-state index in [-0.39, 0.29) is 6.03 Å². The van der Waals surface area contributed by atoms with Gasteiger partial charge in [0.25, 0.3) is 0 Å². The van der Waals surface area contributed by atoms with Gasteiger partial charge < -0.3 is 19.7 Å². The maximum absolute atomic E-state index is 12.1. The lowest BCUT2D eigenvalue weighted by atomic mass is 9.92. The van der Waals surface area contributed by atoms with Crippen molar-refractivity contribution in [2.24, 2.45) is 11.8 Å². The smallest absolute Gasteiger partial charge is 0.317 e. The highest BCUT2D eigenvalue weighted by atomic mass is 16.5. The van der Waals surface area contributed by atoms with Gasteiger partial charge >= 0.3 is 6.03 Å². The zero-order chi connectivity index (χ0) is 15.9. The van der Waals surface area contributed by atoms with Crippen molar-refractivity contribution in [3.63, 3.8) is 0 Å². The number of nitrogens with one attached hydrogen (secondary N) is 1. The van der Waals surface area contributed by atoms with Crippen molar-refractivity contribution in [2.45, 2.75) is 20.3 Å². The highest BCUT2D eigenvalue weighted by Gasteiger charge is 2.24. The normalized spacial score (nSPS) is 21.3. The summed E-state index contributed by atoms with van der Waals surface area (Å²) in [5.41, 5.74) is 0. The number of rotatable bonds is 5. The maximum atomic E-state index is 12.1. The molecule has 5 heteroatoms. The van der Waals surface area contributed by atoms with Crippen LogP contribution in [-0.4, -0.2) is 44.3 Å². The molecule has 1 fully saturated rings. The molecule has 22 heavy (non-hydrogen) atoms. The van der Waals surface area contributed by atoms with Crippen LogP contribution in [0.4, 0.5) is 4.79 Å². The predicted octanol–water partition coefficient (Wildman–Crippen LogP) is 2.76. The fraction of sp³-hybridized carbons (Fsp3) is 0.588. The molecule has 0 bridgehead atoms. The van der Waals surface area contributed by atoms with Gasteiger partial charge in [-0.3, -0.25) is 0 Å². The Morgan fingerprint density at radius 3 is 2.36 bits per heavy atom. The first-order valence-electron chi connectivity index (χ1n) is 7.88. The number of piperidine rings is 1. The Bertz CT molecular complexity index is 465. The van der Waals surface area contributed by atoms with Crippen molar-refractivity contribution in [3.8, 4) is 11.5 Å². The maximum Gasteiger partial charge on any atom is 0.317 e. The Labute approximate surface area is 132 Å². The van der Waals surface area contributed by atoms with E-state index >= 15 is 0 Å². The van der Waals surface area contributed by atoms with E-state index in [2.05, 4.69) is 19.2 Å². The monoisotopic (exact) mass is 306 g/mol. The molecule has 5 nitrogen and oxygen atoms in total. The van der Waals surface area contributed by atoms with Gasteiger partial charge in [-0.15, -0.1) is 0 Å². The SMILES string of the molecule is COc1ccc(OCCNC(=O)N2CC(C)CC(C)C2)cc1. The molecule has 1 aliphatic heterocycles. The minimum atomic E-state index is 0.0109. The van der Waals surface area contributed by atoms with E-state index in [9.17, 15) is 4.79 Å². The molecule has 1 N–H and O–H groups in total. The van der Waals surface area contributed by atoms with Gasteiger partial charge in [0.15, 0.2) is 0 Å². The summed E-state index contributed by atoms with van der Waals surface area (Å²) in [5, 5.41) is 2.92. The molecule has 0 aliphatic carbocycles. The number of hydrogen-bond donors (Lipinski definition) is 1. The summed E-state index contributed by atoms with van der Waals surface area (Å²) < 4.78 is 10.7. The topological polar surface area (TPSA) is 50.8 Å². The van der Waals surface area contributed by atoms with Gasteiger partial charge in [-0.05, 0) is 42.5 Å². The number of benzene rings is 1. The van der Waals surface area contributed by atoms with E-state index in [1.165, 1.54) is 6.42 Å². The quantitative estimate of drug-likeness (QED) is 0.851. The molecule has 1 aromatic rings. The van der Waals surface area contributed by atoms with Gasteiger partial charge in [0.1, 0.15) is 18.1 Å². The molecule has 2 unspecified atom stereocenters. The van der Waals surface area contributed by atoms with Crippen molar-refractivity contribution < 1.29 is 14.3 Å². The third-order valence-corrected chi connectivity index (χ3v) is 3.86. The number of carbonyl (C=O) groups is 1. The Hall–Kier alpha value is -1.91. The van der Waals surface area contributed by atoms with Gasteiger partial charge in [-0.25, -0.2) is 4.79 Å². The average Bonchev–Trinajstić information content (AvgIpc) is 2.51. The van der Waals surface area contributed by atoms with E-state index in [1.807, 2.05) is 29.2 Å². The number of urea groups is 1. The molecular formula is C17H26N2O3. The summed E-state index contributed by atoms with van der Waals surface area (Å²) in [5.74, 6) is 2.72. The molecule has 1 aromatic carbocycles. The summed E-state index contributed by atoms with van der Waals surface area (Å²) >= 11 is 0. The fourth-order valence-electron chi connectivity index (χ4n) is 2.94. The van der Waals surface area contributed by atoms with E-state index in [1.54, 1.807) is 7.11 Å². The third kappa shape index (κ3) is 4.83. The average molecular weight is 306 g/mol. The summed E-state index contributed by atoms with van der Waals surface area (Å²) in [6.07, 6.45) is 1.20. The van der Waals surface area contributed by atoms with Gasteiger partial charge in [0, 0.05) is 13.1 Å². The molecule has 1 aliphatic rings. The van der Waals surface area contributed by atoms with Crippen molar-refractivity contribution >= 4 is 6.03 Å². The predicted molar refractivity (Wildman–Crippen MR) is 86.4 cm³/mol. The number of likely N-dealkylation sites (tertiary alicyclic amines) is 1. The summed E-state index contributed by atoms with van der Waals surface area (Å²) in [6.45, 7) is 7.04. The number of ether oxygens (including phenoxy) is 2. The van der Waals surface area contributed by atoms with Crippen LogP contribution in [0.3, 0.4) is 0 Å². The standard InChI is InChI=1S/C17H26N2O3/c1-13-10-14(2)12-19(11-13)17(20)18-8-9-22-16-6-4-15(21-3)5-7-16/h4-7,13-14H,8-12H2,1-3H3,(H,18,20). The van der Waals surface area contributed by atoms with Crippen molar-refractivity contribution in [1.82, 2.24) is 10.2 Å². The largest absolute Gasteiger partial charge is 0.497 e. The lowest BCUT2D eigenvalue weighted by Crippen LogP contribution is -2.48. The van der Waals surface area contributed by atoms with E-state index in [4.69, 9.17) is 9.47 Å². The van der Waals surface area contributed by atoms with Crippen LogP contribution in [0.25, 0.3) is 0 Å². The molecule has 1 saturated heterocycles. The van der Waals surface area contributed by atoms with Crippen LogP contribution >= 0.6 is 0 Å². The Kier molecular flexibility index (Phi) is 5.92. The minimum absolute atomic E-state index is 0.0109. The second kappa shape index (κ2) is 7.92. The number of carbonyl (C=O) groups excluding carboxylic acids is 1. The van der Waals surface area contributed by atoms with Gasteiger partial charge in [0.05, 0.1) is 13.7 Å². The molecule has 0 saturated carbocycles. The molecule has 2 amide bonds. The van der Waals surface area contributed by atoms with Gasteiger partial charge in [-0.1, -0.05) is 13.8 Å². The van der Waals surface area contributed by atoms with Crippen LogP contribution in [0.2, 0.25) is 0 Å². The highest BCUT2D eigenvalue weighted by Crippen LogP contribution is 2.20. The molecule has 122 valence electrons. The number of hydrogen-bond acceptors (Lipinski definition) is 3. The van der Waals surface area contributed by atoms with E-state index in [0.29, 0.717) is 25.0 Å². The Morgan fingerprint density at radius 2 is 1.77 bits per heavy atom. The fourth-order valence-corrected chi connectivity index (χ4v) is 2.94. The second-order valence-electron chi connectivity index (χ2n) is 6.11.